The highest BCUT2D eigenvalue weighted by molar-refractivity contribution is 7.12. The van der Waals surface area contributed by atoms with E-state index in [-0.39, 0.29) is 5.78 Å². The van der Waals surface area contributed by atoms with Gasteiger partial charge < -0.3 is 4.74 Å². The lowest BCUT2D eigenvalue weighted by atomic mass is 10.1. The van der Waals surface area contributed by atoms with Gasteiger partial charge >= 0.3 is 0 Å². The van der Waals surface area contributed by atoms with Crippen molar-refractivity contribution in [3.05, 3.63) is 21.4 Å². The number of hydrogen-bond donors (Lipinski definition) is 0. The summed E-state index contributed by atoms with van der Waals surface area (Å²) >= 11 is 1.70. The van der Waals surface area contributed by atoms with Crippen molar-refractivity contribution in [2.24, 2.45) is 0 Å². The third-order valence-corrected chi connectivity index (χ3v) is 4.16. The molecule has 0 aliphatic carbocycles. The van der Waals surface area contributed by atoms with E-state index < -0.39 is 0 Å². The number of ether oxygens (including phenoxy) is 1. The summed E-state index contributed by atoms with van der Waals surface area (Å²) in [4.78, 5) is 16.8. The Kier molecular flexibility index (Phi) is 3.97. The highest BCUT2D eigenvalue weighted by atomic mass is 32.1. The minimum absolute atomic E-state index is 0.237. The van der Waals surface area contributed by atoms with Crippen LogP contribution >= 0.6 is 11.3 Å². The van der Waals surface area contributed by atoms with E-state index in [1.807, 2.05) is 19.9 Å². The first kappa shape index (κ1) is 12.7. The molecular formula is C13H19NO2S. The Morgan fingerprint density at radius 1 is 1.59 bits per heavy atom. The molecule has 3 nitrogen and oxygen atoms in total. The van der Waals surface area contributed by atoms with E-state index in [1.165, 1.54) is 4.88 Å². The minimum Gasteiger partial charge on any atom is -0.379 e. The number of hydrogen-bond acceptors (Lipinski definition) is 4. The highest BCUT2D eigenvalue weighted by Crippen LogP contribution is 2.21. The zero-order chi connectivity index (χ0) is 12.4. The number of nitrogens with zero attached hydrogens (tertiary/aromatic N) is 1. The van der Waals surface area contributed by atoms with Crippen LogP contribution < -0.4 is 0 Å². The molecule has 1 fully saturated rings. The molecule has 0 amide bonds. The molecule has 1 aromatic rings. The van der Waals surface area contributed by atoms with Crippen molar-refractivity contribution in [3.63, 3.8) is 0 Å². The van der Waals surface area contributed by atoms with Crippen LogP contribution in [0.15, 0.2) is 6.07 Å². The molecule has 1 aromatic heterocycles. The molecule has 0 radical (unpaired) electrons. The number of carbonyl (C=O) groups is 1. The quantitative estimate of drug-likeness (QED) is 0.774. The van der Waals surface area contributed by atoms with Gasteiger partial charge in [-0.3, -0.25) is 9.69 Å². The second kappa shape index (κ2) is 5.29. The maximum Gasteiger partial charge on any atom is 0.177 e. The fourth-order valence-corrected chi connectivity index (χ4v) is 3.12. The van der Waals surface area contributed by atoms with Gasteiger partial charge in [-0.25, -0.2) is 0 Å². The number of carbonyl (C=O) groups excluding carboxylic acids is 1. The van der Waals surface area contributed by atoms with Gasteiger partial charge in [0.2, 0.25) is 0 Å². The molecule has 2 rings (SSSR count). The van der Waals surface area contributed by atoms with Gasteiger partial charge in [0.25, 0.3) is 0 Å². The fourth-order valence-electron chi connectivity index (χ4n) is 2.17. The molecule has 4 heteroatoms. The smallest absolute Gasteiger partial charge is 0.177 e. The van der Waals surface area contributed by atoms with E-state index >= 15 is 0 Å². The molecule has 0 spiro atoms. The molecule has 1 unspecified atom stereocenters. The van der Waals surface area contributed by atoms with Crippen molar-refractivity contribution in [2.75, 3.05) is 26.3 Å². The van der Waals surface area contributed by atoms with Crippen LogP contribution in [0.2, 0.25) is 0 Å². The largest absolute Gasteiger partial charge is 0.379 e. The van der Waals surface area contributed by atoms with Crippen LogP contribution in [0.5, 0.6) is 0 Å². The van der Waals surface area contributed by atoms with Gasteiger partial charge in [-0.05, 0) is 26.8 Å². The van der Waals surface area contributed by atoms with Crippen LogP contribution in [-0.4, -0.2) is 43.0 Å². The van der Waals surface area contributed by atoms with Gasteiger partial charge in [-0.1, -0.05) is 0 Å². The molecular weight excluding hydrogens is 234 g/mol. The van der Waals surface area contributed by atoms with E-state index in [2.05, 4.69) is 11.8 Å². The number of rotatable bonds is 3. The van der Waals surface area contributed by atoms with Gasteiger partial charge in [0.1, 0.15) is 0 Å². The van der Waals surface area contributed by atoms with E-state index in [0.717, 1.165) is 30.2 Å². The van der Waals surface area contributed by atoms with E-state index in [9.17, 15) is 4.79 Å². The van der Waals surface area contributed by atoms with Crippen LogP contribution in [0.1, 0.15) is 27.0 Å². The van der Waals surface area contributed by atoms with Crippen molar-refractivity contribution in [1.29, 1.82) is 0 Å². The first-order chi connectivity index (χ1) is 8.08. The second-order valence-electron chi connectivity index (χ2n) is 4.64. The molecule has 0 saturated carbocycles. The number of aryl methyl sites for hydroxylation is 2. The van der Waals surface area contributed by atoms with Gasteiger partial charge in [0.05, 0.1) is 19.8 Å². The summed E-state index contributed by atoms with van der Waals surface area (Å²) in [6.45, 7) is 9.02. The summed E-state index contributed by atoms with van der Waals surface area (Å²) in [7, 11) is 0. The predicted molar refractivity (Wildman–Crippen MR) is 70.0 cm³/mol. The first-order valence-electron chi connectivity index (χ1n) is 6.00. The second-order valence-corrected chi connectivity index (χ2v) is 6.10. The lowest BCUT2D eigenvalue weighted by Crippen LogP contribution is -2.46. The van der Waals surface area contributed by atoms with E-state index in [4.69, 9.17) is 4.74 Å². The van der Waals surface area contributed by atoms with Crippen LogP contribution in [0, 0.1) is 13.8 Å². The predicted octanol–water partition coefficient (Wildman–Crippen LogP) is 2.27. The molecule has 1 aliphatic heterocycles. The third-order valence-electron chi connectivity index (χ3n) is 3.19. The Balaban J connectivity index is 2.03. The van der Waals surface area contributed by atoms with Gasteiger partial charge in [-0.2, -0.15) is 0 Å². The lowest BCUT2D eigenvalue weighted by molar-refractivity contribution is 0.00201. The van der Waals surface area contributed by atoms with Crippen molar-refractivity contribution < 1.29 is 9.53 Å². The summed E-state index contributed by atoms with van der Waals surface area (Å²) in [6.07, 6.45) is 0. The zero-order valence-electron chi connectivity index (χ0n) is 10.7. The SMILES string of the molecule is Cc1cc(C(=O)CN2CCOCC2C)c(C)s1. The Labute approximate surface area is 106 Å². The Bertz CT molecular complexity index is 414. The minimum atomic E-state index is 0.237. The van der Waals surface area contributed by atoms with Crippen molar-refractivity contribution in [3.8, 4) is 0 Å². The summed E-state index contributed by atoms with van der Waals surface area (Å²) in [5, 5.41) is 0. The van der Waals surface area contributed by atoms with Gasteiger partial charge in [-0.15, -0.1) is 11.3 Å². The Morgan fingerprint density at radius 2 is 2.35 bits per heavy atom. The Hall–Kier alpha value is -0.710. The van der Waals surface area contributed by atoms with Gasteiger partial charge in [0, 0.05) is 27.9 Å². The lowest BCUT2D eigenvalue weighted by Gasteiger charge is -2.32. The van der Waals surface area contributed by atoms with Crippen LogP contribution in [0.25, 0.3) is 0 Å². The zero-order valence-corrected chi connectivity index (χ0v) is 11.5. The average molecular weight is 253 g/mol. The maximum absolute atomic E-state index is 12.2. The summed E-state index contributed by atoms with van der Waals surface area (Å²) in [5.74, 6) is 0.237. The molecule has 94 valence electrons. The van der Waals surface area contributed by atoms with Crippen LogP contribution in [0.4, 0.5) is 0 Å². The van der Waals surface area contributed by atoms with Gasteiger partial charge in [0.15, 0.2) is 5.78 Å². The number of morpholine rings is 1. The molecule has 0 aromatic carbocycles. The standard InChI is InChI=1S/C13H19NO2S/c1-9-8-16-5-4-14(9)7-13(15)12-6-10(2)17-11(12)3/h6,9H,4-5,7-8H2,1-3H3. The number of Topliss-reactive ketones (excluding diaryl/α,β-unsaturated/α-hetero) is 1. The third kappa shape index (κ3) is 2.94. The molecule has 1 saturated heterocycles. The summed E-state index contributed by atoms with van der Waals surface area (Å²) in [6, 6.07) is 2.35. The van der Waals surface area contributed by atoms with Crippen LogP contribution in [-0.2, 0) is 4.74 Å². The highest BCUT2D eigenvalue weighted by Gasteiger charge is 2.22. The molecule has 1 atom stereocenters. The van der Waals surface area contributed by atoms with Crippen molar-refractivity contribution in [2.45, 2.75) is 26.8 Å². The molecule has 17 heavy (non-hydrogen) atoms. The van der Waals surface area contributed by atoms with Crippen molar-refractivity contribution >= 4 is 17.1 Å². The van der Waals surface area contributed by atoms with E-state index in [1.54, 1.807) is 11.3 Å². The monoisotopic (exact) mass is 253 g/mol. The summed E-state index contributed by atoms with van der Waals surface area (Å²) < 4.78 is 5.38. The summed E-state index contributed by atoms with van der Waals surface area (Å²) in [5.41, 5.74) is 0.895. The Morgan fingerprint density at radius 3 is 2.94 bits per heavy atom. The normalized spacial score (nSPS) is 21.7. The number of ketones is 1. The first-order valence-corrected chi connectivity index (χ1v) is 6.81. The van der Waals surface area contributed by atoms with Crippen molar-refractivity contribution in [1.82, 2.24) is 4.90 Å². The fraction of sp³-hybridized carbons (Fsp3) is 0.615. The molecule has 0 N–H and O–H groups in total. The van der Waals surface area contributed by atoms with E-state index in [0.29, 0.717) is 12.6 Å². The van der Waals surface area contributed by atoms with Crippen LogP contribution in [0.3, 0.4) is 0 Å². The molecule has 2 heterocycles. The maximum atomic E-state index is 12.2. The topological polar surface area (TPSA) is 29.5 Å². The average Bonchev–Trinajstić information content (AvgIpc) is 2.61. The molecule has 0 bridgehead atoms. The number of thiophene rings is 1. The molecule has 1 aliphatic rings.